The van der Waals surface area contributed by atoms with Gasteiger partial charge in [0.2, 0.25) is 0 Å². The maximum atomic E-state index is 12.8. The number of carbonyl (C=O) groups excluding carboxylic acids is 3. The summed E-state index contributed by atoms with van der Waals surface area (Å²) in [5.41, 5.74) is 0. The molecule has 0 amide bonds. The summed E-state index contributed by atoms with van der Waals surface area (Å²) in [5.74, 6) is -1.25. The summed E-state index contributed by atoms with van der Waals surface area (Å²) in [4.78, 5) is 50.1. The second-order valence-electron chi connectivity index (χ2n) is 16.4. The van der Waals surface area contributed by atoms with E-state index >= 15 is 0 Å². The lowest BCUT2D eigenvalue weighted by Crippen LogP contribution is -2.37. The number of likely N-dealkylation sites (N-methyl/N-ethyl adjacent to an activating group) is 1. The van der Waals surface area contributed by atoms with Crippen LogP contribution in [-0.4, -0.2) is 87.0 Å². The third-order valence-corrected chi connectivity index (χ3v) is 10.7. The van der Waals surface area contributed by atoms with Crippen LogP contribution in [0.4, 0.5) is 0 Å². The monoisotopic (exact) mass is 836 g/mol. The predicted octanol–water partition coefficient (Wildman–Crippen LogP) is 9.45. The second-order valence-corrected chi connectivity index (χ2v) is 17.8. The van der Waals surface area contributed by atoms with Crippen LogP contribution in [0.3, 0.4) is 0 Å². The third-order valence-electron chi connectivity index (χ3n) is 9.76. The van der Waals surface area contributed by atoms with E-state index in [1.807, 2.05) is 45.4 Å². The molecule has 0 aliphatic heterocycles. The molecule has 0 bridgehead atoms. The highest BCUT2D eigenvalue weighted by molar-refractivity contribution is 7.45. The van der Waals surface area contributed by atoms with Crippen molar-refractivity contribution in [3.05, 3.63) is 60.8 Å². The first-order chi connectivity index (χ1) is 27.8. The van der Waals surface area contributed by atoms with Gasteiger partial charge in [-0.05, 0) is 76.2 Å². The Morgan fingerprint density at radius 3 is 2.14 bits per heavy atom. The number of phosphoric acid groups is 1. The van der Waals surface area contributed by atoms with Crippen molar-refractivity contribution in [3.8, 4) is 0 Å². The number of unbranched alkanes of at least 4 members (excludes halogenated alkanes) is 11. The van der Waals surface area contributed by atoms with E-state index in [0.717, 1.165) is 64.2 Å². The maximum Gasteiger partial charge on any atom is 0.306 e. The number of quaternary nitrogens is 1. The number of ether oxygens (including phenoxy) is 2. The Morgan fingerprint density at radius 1 is 0.810 bits per heavy atom. The summed E-state index contributed by atoms with van der Waals surface area (Å²) in [6.07, 6.45) is 35.9. The molecule has 0 radical (unpaired) electrons. The fourth-order valence-corrected chi connectivity index (χ4v) is 6.87. The van der Waals surface area contributed by atoms with Gasteiger partial charge in [-0.25, -0.2) is 0 Å². The molecule has 1 rings (SSSR count). The van der Waals surface area contributed by atoms with Gasteiger partial charge in [0.25, 0.3) is 7.82 Å². The lowest BCUT2D eigenvalue weighted by atomic mass is 9.90. The zero-order valence-electron chi connectivity index (χ0n) is 36.6. The molecule has 1 N–H and O–H groups in total. The number of rotatable bonds is 36. The number of allylic oxidation sites excluding steroid dienone is 9. The Labute approximate surface area is 351 Å². The van der Waals surface area contributed by atoms with E-state index in [9.17, 15) is 28.9 Å². The van der Waals surface area contributed by atoms with Crippen molar-refractivity contribution >= 4 is 25.5 Å². The van der Waals surface area contributed by atoms with Crippen LogP contribution in [0.25, 0.3) is 0 Å². The minimum absolute atomic E-state index is 0.0137. The number of aliphatic hydroxyl groups is 1. The third kappa shape index (κ3) is 30.4. The van der Waals surface area contributed by atoms with E-state index in [1.165, 1.54) is 19.3 Å². The fourth-order valence-electron chi connectivity index (χ4n) is 6.14. The van der Waals surface area contributed by atoms with E-state index < -0.39 is 38.6 Å². The highest BCUT2D eigenvalue weighted by Gasteiger charge is 2.27. The van der Waals surface area contributed by atoms with Gasteiger partial charge in [-0.3, -0.25) is 18.9 Å². The molecule has 1 unspecified atom stereocenters. The highest BCUT2D eigenvalue weighted by atomic mass is 31.2. The lowest BCUT2D eigenvalue weighted by Gasteiger charge is -2.28. The van der Waals surface area contributed by atoms with Crippen LogP contribution in [0.1, 0.15) is 142 Å². The molecule has 5 atom stereocenters. The van der Waals surface area contributed by atoms with E-state index in [2.05, 4.69) is 38.2 Å². The molecule has 58 heavy (non-hydrogen) atoms. The highest BCUT2D eigenvalue weighted by Crippen LogP contribution is 2.38. The van der Waals surface area contributed by atoms with Gasteiger partial charge in [0.15, 0.2) is 11.9 Å². The van der Waals surface area contributed by atoms with Crippen molar-refractivity contribution in [1.82, 2.24) is 0 Å². The summed E-state index contributed by atoms with van der Waals surface area (Å²) in [6.45, 7) is 3.83. The van der Waals surface area contributed by atoms with Crippen molar-refractivity contribution in [3.63, 3.8) is 0 Å². The van der Waals surface area contributed by atoms with Crippen molar-refractivity contribution in [2.75, 3.05) is 47.5 Å². The summed E-state index contributed by atoms with van der Waals surface area (Å²) in [6, 6.07) is 0. The molecule has 0 aromatic carbocycles. The summed E-state index contributed by atoms with van der Waals surface area (Å²) in [5, 5.41) is 10.2. The molecule has 0 spiro atoms. The van der Waals surface area contributed by atoms with Gasteiger partial charge in [0.1, 0.15) is 19.8 Å². The molecule has 1 aliphatic rings. The van der Waals surface area contributed by atoms with Gasteiger partial charge in [-0.15, -0.1) is 0 Å². The first kappa shape index (κ1) is 53.4. The smallest absolute Gasteiger partial charge is 0.306 e. The average molecular weight is 836 g/mol. The van der Waals surface area contributed by atoms with E-state index in [-0.39, 0.29) is 43.7 Å². The van der Waals surface area contributed by atoms with Gasteiger partial charge in [-0.1, -0.05) is 120 Å². The molecule has 11 nitrogen and oxygen atoms in total. The van der Waals surface area contributed by atoms with Gasteiger partial charge in [-0.2, -0.15) is 0 Å². The van der Waals surface area contributed by atoms with Gasteiger partial charge < -0.3 is 33.0 Å². The number of hydrogen-bond donors (Lipinski definition) is 1. The molecular weight excluding hydrogens is 757 g/mol. The minimum Gasteiger partial charge on any atom is -0.756 e. The summed E-state index contributed by atoms with van der Waals surface area (Å²) < 4.78 is 33.8. The van der Waals surface area contributed by atoms with Gasteiger partial charge in [0.05, 0.1) is 33.9 Å². The van der Waals surface area contributed by atoms with Crippen LogP contribution in [0, 0.1) is 11.8 Å². The molecular formula is C46H78NO10P. The number of carbonyl (C=O) groups is 3. The van der Waals surface area contributed by atoms with E-state index in [4.69, 9.17) is 18.5 Å². The molecule has 0 aromatic rings. The summed E-state index contributed by atoms with van der Waals surface area (Å²) >= 11 is 0. The zero-order valence-corrected chi connectivity index (χ0v) is 37.5. The van der Waals surface area contributed by atoms with Gasteiger partial charge >= 0.3 is 11.9 Å². The topological polar surface area (TPSA) is 148 Å². The molecule has 12 heteroatoms. The summed E-state index contributed by atoms with van der Waals surface area (Å²) in [7, 11) is 1.03. The molecule has 0 saturated heterocycles. The lowest BCUT2D eigenvalue weighted by molar-refractivity contribution is -0.870. The van der Waals surface area contributed by atoms with E-state index in [1.54, 1.807) is 12.2 Å². The Kier molecular flexibility index (Phi) is 30.5. The van der Waals surface area contributed by atoms with Crippen molar-refractivity contribution in [1.29, 1.82) is 0 Å². The molecule has 332 valence electrons. The van der Waals surface area contributed by atoms with E-state index in [0.29, 0.717) is 43.1 Å². The molecule has 0 heterocycles. The van der Waals surface area contributed by atoms with Crippen LogP contribution in [0.5, 0.6) is 0 Å². The standard InChI is InChI=1S/C46H78NO10P/c1-6-8-10-11-12-13-14-15-16-17-18-19-20-21-26-30-45(50)54-38-42(39-56-58(52,53)55-37-36-47(3,4)5)57-46(51)31-27-23-22-25-28-40-32-35-44(49)43(40)34-33-41(48)29-24-9-7-2/h12-13,15-16,22,25,32-35,40-43,48H,6-11,14,17-21,23-24,26-31,36-39H2,1-5H3/b13-12-,16-15-,25-22-,34-33+/t40-,41-,42+,43+/m0/s1. The van der Waals surface area contributed by atoms with Crippen LogP contribution < -0.4 is 4.89 Å². The minimum atomic E-state index is -4.69. The largest absolute Gasteiger partial charge is 0.756 e. The Morgan fingerprint density at radius 2 is 1.43 bits per heavy atom. The zero-order chi connectivity index (χ0) is 42.9. The quantitative estimate of drug-likeness (QED) is 0.0213. The number of phosphoric ester groups is 1. The number of esters is 2. The number of hydrogen-bond acceptors (Lipinski definition) is 10. The Bertz CT molecular complexity index is 1320. The van der Waals surface area contributed by atoms with Gasteiger partial charge in [0, 0.05) is 18.8 Å². The second kappa shape index (κ2) is 33.1. The Hall–Kier alpha value is -2.66. The van der Waals surface area contributed by atoms with Crippen LogP contribution in [0.2, 0.25) is 0 Å². The predicted molar refractivity (Wildman–Crippen MR) is 231 cm³/mol. The van der Waals surface area contributed by atoms with Crippen molar-refractivity contribution in [2.45, 2.75) is 154 Å². The normalized spacial score (nSPS) is 18.2. The molecule has 1 aliphatic carbocycles. The molecule has 0 fully saturated rings. The number of aliphatic hydroxyl groups excluding tert-OH is 1. The van der Waals surface area contributed by atoms with Crippen LogP contribution >= 0.6 is 7.82 Å². The Balaban J connectivity index is 2.49. The van der Waals surface area contributed by atoms with Crippen LogP contribution in [0.15, 0.2) is 60.8 Å². The molecule has 0 saturated carbocycles. The fraction of sp³-hybridized carbons (Fsp3) is 0.717. The molecule has 0 aromatic heterocycles. The van der Waals surface area contributed by atoms with Crippen molar-refractivity contribution in [2.24, 2.45) is 11.8 Å². The van der Waals surface area contributed by atoms with Crippen molar-refractivity contribution < 1.29 is 52.0 Å². The first-order valence-electron chi connectivity index (χ1n) is 22.0. The number of nitrogens with zero attached hydrogens (tertiary/aromatic N) is 1. The number of ketones is 1. The maximum absolute atomic E-state index is 12.8. The average Bonchev–Trinajstić information content (AvgIpc) is 3.52. The SMILES string of the molecule is CCCCC/C=C\C/C=C\CCCCCCCC(=O)OC[C@H](COP(=O)([O-])OCC[N+](C)(C)C)OC(=O)CCC/C=C\C[C@H]1C=CC(=O)[C@@H]1/C=C/[C@@H](O)CCCCC. The first-order valence-corrected chi connectivity index (χ1v) is 23.5. The van der Waals surface area contributed by atoms with Crippen LogP contribution in [-0.2, 0) is 37.5 Å².